The van der Waals surface area contributed by atoms with Crippen molar-refractivity contribution in [2.24, 2.45) is 5.92 Å². The molecule has 2 fully saturated rings. The topological polar surface area (TPSA) is 15.7 Å². The second kappa shape index (κ2) is 5.94. The number of hydrogen-bond donors (Lipinski definition) is 0. The molecule has 0 aromatic heterocycles. The van der Waals surface area contributed by atoms with E-state index in [-0.39, 0.29) is 5.60 Å². The van der Waals surface area contributed by atoms with Crippen LogP contribution < -0.4 is 0 Å². The molecular weight excluding hydrogens is 248 g/mol. The molecule has 0 amide bonds. The van der Waals surface area contributed by atoms with Crippen molar-refractivity contribution in [3.8, 4) is 0 Å². The molecule has 2 rings (SSSR count). The van der Waals surface area contributed by atoms with Gasteiger partial charge in [-0.05, 0) is 60.3 Å². The summed E-state index contributed by atoms with van der Waals surface area (Å²) in [5.74, 6) is 0.864. The van der Waals surface area contributed by atoms with Gasteiger partial charge in [-0.25, -0.2) is 0 Å². The fourth-order valence-electron chi connectivity index (χ4n) is 3.39. The van der Waals surface area contributed by atoms with E-state index < -0.39 is 0 Å². The second-order valence-electron chi connectivity index (χ2n) is 8.65. The molecule has 118 valence electrons. The SMILES string of the molecule is CC(C)(C)O[C@H]1C[C@H](CN2CCN(C(C)(C)C)CC2)C1. The fraction of sp³-hybridized carbons (Fsp3) is 1.00. The summed E-state index contributed by atoms with van der Waals surface area (Å²) in [4.78, 5) is 5.26. The zero-order chi connectivity index (χ0) is 15.0. The van der Waals surface area contributed by atoms with E-state index >= 15 is 0 Å². The maximum atomic E-state index is 6.03. The molecule has 0 N–H and O–H groups in total. The summed E-state index contributed by atoms with van der Waals surface area (Å²) in [7, 11) is 0. The lowest BCUT2D eigenvalue weighted by molar-refractivity contribution is -0.116. The predicted octanol–water partition coefficient (Wildman–Crippen LogP) is 3.00. The van der Waals surface area contributed by atoms with Crippen molar-refractivity contribution in [2.75, 3.05) is 32.7 Å². The Balaban J connectivity index is 1.63. The highest BCUT2D eigenvalue weighted by molar-refractivity contribution is 4.87. The van der Waals surface area contributed by atoms with Crippen molar-refractivity contribution < 1.29 is 4.74 Å². The first kappa shape index (κ1) is 16.3. The van der Waals surface area contributed by atoms with Crippen molar-refractivity contribution in [2.45, 2.75) is 71.6 Å². The van der Waals surface area contributed by atoms with Gasteiger partial charge < -0.3 is 9.64 Å². The minimum Gasteiger partial charge on any atom is -0.373 e. The van der Waals surface area contributed by atoms with Gasteiger partial charge in [0, 0.05) is 38.3 Å². The normalized spacial score (nSPS) is 30.3. The highest BCUT2D eigenvalue weighted by Crippen LogP contribution is 2.33. The molecule has 0 spiro atoms. The van der Waals surface area contributed by atoms with Crippen molar-refractivity contribution in [1.29, 1.82) is 0 Å². The smallest absolute Gasteiger partial charge is 0.0602 e. The number of hydrogen-bond acceptors (Lipinski definition) is 3. The van der Waals surface area contributed by atoms with E-state index in [1.807, 2.05) is 0 Å². The van der Waals surface area contributed by atoms with Crippen molar-refractivity contribution in [1.82, 2.24) is 9.80 Å². The van der Waals surface area contributed by atoms with Crippen LogP contribution in [0.3, 0.4) is 0 Å². The van der Waals surface area contributed by atoms with E-state index in [9.17, 15) is 0 Å². The van der Waals surface area contributed by atoms with Gasteiger partial charge in [-0.3, -0.25) is 4.90 Å². The highest BCUT2D eigenvalue weighted by Gasteiger charge is 2.35. The van der Waals surface area contributed by atoms with Gasteiger partial charge in [-0.2, -0.15) is 0 Å². The molecule has 0 bridgehead atoms. The highest BCUT2D eigenvalue weighted by atomic mass is 16.5. The van der Waals surface area contributed by atoms with Gasteiger partial charge in [-0.1, -0.05) is 0 Å². The molecule has 3 nitrogen and oxygen atoms in total. The Bertz CT molecular complexity index is 302. The third kappa shape index (κ3) is 4.71. The minimum absolute atomic E-state index is 0.0218. The van der Waals surface area contributed by atoms with Gasteiger partial charge in [0.2, 0.25) is 0 Å². The van der Waals surface area contributed by atoms with Crippen molar-refractivity contribution >= 4 is 0 Å². The maximum Gasteiger partial charge on any atom is 0.0602 e. The molecule has 0 radical (unpaired) electrons. The largest absolute Gasteiger partial charge is 0.373 e. The maximum absolute atomic E-state index is 6.03. The van der Waals surface area contributed by atoms with Gasteiger partial charge in [0.15, 0.2) is 0 Å². The average Bonchev–Trinajstić information content (AvgIpc) is 2.24. The molecule has 2 aliphatic rings. The molecular formula is C17H34N2O. The van der Waals surface area contributed by atoms with Crippen LogP contribution in [0.5, 0.6) is 0 Å². The van der Waals surface area contributed by atoms with Crippen LogP contribution in [0.25, 0.3) is 0 Å². The Morgan fingerprint density at radius 3 is 1.90 bits per heavy atom. The van der Waals surface area contributed by atoms with Gasteiger partial charge in [0.25, 0.3) is 0 Å². The molecule has 20 heavy (non-hydrogen) atoms. The van der Waals surface area contributed by atoms with Crippen LogP contribution in [0.2, 0.25) is 0 Å². The minimum atomic E-state index is 0.0218. The molecule has 1 saturated heterocycles. The lowest BCUT2D eigenvalue weighted by atomic mass is 9.81. The first-order valence-corrected chi connectivity index (χ1v) is 8.29. The predicted molar refractivity (Wildman–Crippen MR) is 85.1 cm³/mol. The molecule has 1 saturated carbocycles. The number of piperazine rings is 1. The van der Waals surface area contributed by atoms with Crippen LogP contribution in [0, 0.1) is 5.92 Å². The van der Waals surface area contributed by atoms with Crippen LogP contribution in [-0.2, 0) is 4.74 Å². The monoisotopic (exact) mass is 282 g/mol. The molecule has 0 aromatic carbocycles. The molecule has 1 heterocycles. The molecule has 0 aromatic rings. The van der Waals surface area contributed by atoms with Crippen molar-refractivity contribution in [3.05, 3.63) is 0 Å². The Kier molecular flexibility index (Phi) is 4.83. The van der Waals surface area contributed by atoms with E-state index in [1.54, 1.807) is 0 Å². The Morgan fingerprint density at radius 1 is 0.900 bits per heavy atom. The number of nitrogens with zero attached hydrogens (tertiary/aromatic N) is 2. The van der Waals surface area contributed by atoms with E-state index in [1.165, 1.54) is 45.6 Å². The Labute approximate surface area is 125 Å². The van der Waals surface area contributed by atoms with Gasteiger partial charge >= 0.3 is 0 Å². The van der Waals surface area contributed by atoms with Crippen LogP contribution in [0.15, 0.2) is 0 Å². The average molecular weight is 282 g/mol. The summed E-state index contributed by atoms with van der Waals surface area (Å²) in [6.07, 6.45) is 3.03. The Morgan fingerprint density at radius 2 is 1.45 bits per heavy atom. The van der Waals surface area contributed by atoms with E-state index in [0.717, 1.165) is 5.92 Å². The van der Waals surface area contributed by atoms with Crippen LogP contribution >= 0.6 is 0 Å². The van der Waals surface area contributed by atoms with E-state index in [2.05, 4.69) is 51.3 Å². The van der Waals surface area contributed by atoms with E-state index in [4.69, 9.17) is 4.74 Å². The lowest BCUT2D eigenvalue weighted by Gasteiger charge is -2.45. The lowest BCUT2D eigenvalue weighted by Crippen LogP contribution is -2.55. The first-order chi connectivity index (χ1) is 9.13. The molecule has 1 aliphatic heterocycles. The van der Waals surface area contributed by atoms with Crippen LogP contribution in [0.1, 0.15) is 54.4 Å². The van der Waals surface area contributed by atoms with Gasteiger partial charge in [0.05, 0.1) is 11.7 Å². The quantitative estimate of drug-likeness (QED) is 0.791. The summed E-state index contributed by atoms with van der Waals surface area (Å²) in [6, 6.07) is 0. The van der Waals surface area contributed by atoms with Gasteiger partial charge in [-0.15, -0.1) is 0 Å². The van der Waals surface area contributed by atoms with E-state index in [0.29, 0.717) is 11.6 Å². The number of rotatable bonds is 3. The Hall–Kier alpha value is -0.120. The van der Waals surface area contributed by atoms with Gasteiger partial charge in [0.1, 0.15) is 0 Å². The van der Waals surface area contributed by atoms with Crippen LogP contribution in [-0.4, -0.2) is 59.8 Å². The summed E-state index contributed by atoms with van der Waals surface area (Å²) < 4.78 is 6.03. The second-order valence-corrected chi connectivity index (χ2v) is 8.65. The summed E-state index contributed by atoms with van der Waals surface area (Å²) in [5.41, 5.74) is 0.349. The standard InChI is InChI=1S/C17H34N2O/c1-16(2,3)19-9-7-18(8-10-19)13-14-11-15(12-14)20-17(4,5)6/h14-15H,7-13H2,1-6H3/t14-,15-. The molecule has 0 atom stereocenters. The van der Waals surface area contributed by atoms with Crippen LogP contribution in [0.4, 0.5) is 0 Å². The molecule has 3 heteroatoms. The summed E-state index contributed by atoms with van der Waals surface area (Å²) in [5, 5.41) is 0. The molecule has 1 aliphatic carbocycles. The third-order valence-electron chi connectivity index (χ3n) is 4.55. The zero-order valence-electron chi connectivity index (χ0n) is 14.4. The summed E-state index contributed by atoms with van der Waals surface area (Å²) >= 11 is 0. The van der Waals surface area contributed by atoms with Crippen molar-refractivity contribution in [3.63, 3.8) is 0 Å². The third-order valence-corrected chi connectivity index (χ3v) is 4.55. The molecule has 0 unspecified atom stereocenters. The fourth-order valence-corrected chi connectivity index (χ4v) is 3.39. The summed E-state index contributed by atoms with van der Waals surface area (Å²) in [6.45, 7) is 19.6. The zero-order valence-corrected chi connectivity index (χ0v) is 14.4. The first-order valence-electron chi connectivity index (χ1n) is 8.29. The number of ether oxygens (including phenoxy) is 1.